The lowest BCUT2D eigenvalue weighted by Crippen LogP contribution is -2.38. The molecule has 4 heteroatoms. The Morgan fingerprint density at radius 3 is 2.42 bits per heavy atom. The van der Waals surface area contributed by atoms with Crippen LogP contribution < -0.4 is 5.43 Å². The molecule has 0 aromatic heterocycles. The van der Waals surface area contributed by atoms with Gasteiger partial charge in [0.15, 0.2) is 0 Å². The van der Waals surface area contributed by atoms with Crippen molar-refractivity contribution in [1.82, 2.24) is 10.4 Å². The van der Waals surface area contributed by atoms with E-state index < -0.39 is 6.10 Å². The van der Waals surface area contributed by atoms with Crippen molar-refractivity contribution in [2.45, 2.75) is 26.1 Å². The molecule has 0 rings (SSSR count). The third kappa shape index (κ3) is 7.94. The molecule has 0 spiro atoms. The minimum absolute atomic E-state index is 0.180. The minimum atomic E-state index is -0.435. The highest BCUT2D eigenvalue weighted by Crippen LogP contribution is 1.90. The second kappa shape index (κ2) is 6.37. The first kappa shape index (κ1) is 11.8. The number of nitrogens with one attached hydrogen (secondary N) is 1. The van der Waals surface area contributed by atoms with Crippen LogP contribution in [-0.2, 0) is 4.74 Å². The molecule has 0 aliphatic rings. The van der Waals surface area contributed by atoms with E-state index >= 15 is 0 Å². The Morgan fingerprint density at radius 2 is 2.00 bits per heavy atom. The van der Waals surface area contributed by atoms with Gasteiger partial charge in [-0.1, -0.05) is 0 Å². The summed E-state index contributed by atoms with van der Waals surface area (Å²) in [6, 6.07) is 0. The third-order valence-corrected chi connectivity index (χ3v) is 1.27. The van der Waals surface area contributed by atoms with Crippen molar-refractivity contribution in [3.8, 4) is 0 Å². The van der Waals surface area contributed by atoms with E-state index in [1.54, 1.807) is 5.01 Å². The Kier molecular flexibility index (Phi) is 6.28. The van der Waals surface area contributed by atoms with Gasteiger partial charge >= 0.3 is 0 Å². The van der Waals surface area contributed by atoms with Crippen LogP contribution in [0.2, 0.25) is 0 Å². The third-order valence-electron chi connectivity index (χ3n) is 1.27. The van der Waals surface area contributed by atoms with Crippen LogP contribution in [0.15, 0.2) is 0 Å². The predicted molar refractivity (Wildman–Crippen MR) is 48.8 cm³/mol. The first-order valence-electron chi connectivity index (χ1n) is 4.23. The van der Waals surface area contributed by atoms with Gasteiger partial charge in [-0.3, -0.25) is 10.4 Å². The maximum atomic E-state index is 9.33. The van der Waals surface area contributed by atoms with Gasteiger partial charge in [-0.2, -0.15) is 0 Å². The number of nitrogens with zero attached hydrogens (tertiary/aromatic N) is 1. The van der Waals surface area contributed by atoms with E-state index in [1.165, 1.54) is 0 Å². The Balaban J connectivity index is 3.27. The summed E-state index contributed by atoms with van der Waals surface area (Å²) in [5, 5.41) is 11.1. The highest BCUT2D eigenvalue weighted by atomic mass is 16.5. The average molecular weight is 176 g/mol. The van der Waals surface area contributed by atoms with Crippen molar-refractivity contribution >= 4 is 0 Å². The van der Waals surface area contributed by atoms with Gasteiger partial charge in [0, 0.05) is 20.6 Å². The van der Waals surface area contributed by atoms with Gasteiger partial charge in [-0.05, 0) is 13.8 Å². The number of ether oxygens (including phenoxy) is 1. The molecule has 74 valence electrons. The quantitative estimate of drug-likeness (QED) is 0.552. The Labute approximate surface area is 74.5 Å². The molecule has 0 heterocycles. The van der Waals surface area contributed by atoms with Crippen LogP contribution in [0.4, 0.5) is 0 Å². The molecule has 0 aliphatic carbocycles. The van der Waals surface area contributed by atoms with Crippen molar-refractivity contribution in [3.63, 3.8) is 0 Å². The molecule has 4 nitrogen and oxygen atoms in total. The van der Waals surface area contributed by atoms with E-state index in [2.05, 4.69) is 5.43 Å². The van der Waals surface area contributed by atoms with E-state index in [-0.39, 0.29) is 6.10 Å². The molecule has 0 saturated carbocycles. The van der Waals surface area contributed by atoms with E-state index in [1.807, 2.05) is 27.9 Å². The van der Waals surface area contributed by atoms with E-state index in [4.69, 9.17) is 4.74 Å². The first-order chi connectivity index (χ1) is 5.52. The summed E-state index contributed by atoms with van der Waals surface area (Å²) in [7, 11) is 3.77. The molecule has 0 radical (unpaired) electrons. The molecule has 1 unspecified atom stereocenters. The monoisotopic (exact) mass is 176 g/mol. The number of rotatable bonds is 6. The van der Waals surface area contributed by atoms with Gasteiger partial charge < -0.3 is 9.84 Å². The average Bonchev–Trinajstić information content (AvgIpc) is 1.96. The van der Waals surface area contributed by atoms with Gasteiger partial charge in [0.25, 0.3) is 0 Å². The van der Waals surface area contributed by atoms with Gasteiger partial charge in [-0.25, -0.2) is 0 Å². The molecule has 0 aromatic rings. The molecule has 0 aliphatic heterocycles. The topological polar surface area (TPSA) is 44.7 Å². The summed E-state index contributed by atoms with van der Waals surface area (Å²) in [4.78, 5) is 0. The smallest absolute Gasteiger partial charge is 0.0911 e. The summed E-state index contributed by atoms with van der Waals surface area (Å²) in [6.45, 7) is 4.82. The Morgan fingerprint density at radius 1 is 1.42 bits per heavy atom. The van der Waals surface area contributed by atoms with Gasteiger partial charge in [0.1, 0.15) is 0 Å². The number of aliphatic hydroxyl groups is 1. The standard InChI is InChI=1S/C8H20N2O2/c1-7(2)12-6-8(11)5-9-10(3)4/h7-9,11H,5-6H2,1-4H3. The zero-order valence-electron chi connectivity index (χ0n) is 8.37. The van der Waals surface area contributed by atoms with Crippen LogP contribution >= 0.6 is 0 Å². The van der Waals surface area contributed by atoms with Crippen LogP contribution in [0.25, 0.3) is 0 Å². The van der Waals surface area contributed by atoms with Crippen LogP contribution in [0.3, 0.4) is 0 Å². The largest absolute Gasteiger partial charge is 0.389 e. The molecule has 0 amide bonds. The maximum absolute atomic E-state index is 9.33. The maximum Gasteiger partial charge on any atom is 0.0911 e. The molecule has 0 fully saturated rings. The molecule has 0 bridgehead atoms. The fourth-order valence-corrected chi connectivity index (χ4v) is 0.650. The lowest BCUT2D eigenvalue weighted by molar-refractivity contribution is 0.000683. The highest BCUT2D eigenvalue weighted by molar-refractivity contribution is 4.56. The van der Waals surface area contributed by atoms with Gasteiger partial charge in [0.05, 0.1) is 18.8 Å². The van der Waals surface area contributed by atoms with Crippen LogP contribution in [0, 0.1) is 0 Å². The SMILES string of the molecule is CC(C)OCC(O)CNN(C)C. The molecule has 1 atom stereocenters. The lowest BCUT2D eigenvalue weighted by Gasteiger charge is -2.17. The molecule has 0 aromatic carbocycles. The van der Waals surface area contributed by atoms with Gasteiger partial charge in [-0.15, -0.1) is 0 Å². The minimum Gasteiger partial charge on any atom is -0.389 e. The molecular weight excluding hydrogens is 156 g/mol. The number of aliphatic hydroxyl groups excluding tert-OH is 1. The summed E-state index contributed by atoms with van der Waals surface area (Å²) < 4.78 is 5.23. The van der Waals surface area contributed by atoms with Crippen molar-refractivity contribution in [2.75, 3.05) is 27.2 Å². The lowest BCUT2D eigenvalue weighted by atomic mass is 10.4. The molecule has 0 saturated heterocycles. The highest BCUT2D eigenvalue weighted by Gasteiger charge is 2.04. The fourth-order valence-electron chi connectivity index (χ4n) is 0.650. The fraction of sp³-hybridized carbons (Fsp3) is 1.00. The van der Waals surface area contributed by atoms with E-state index in [9.17, 15) is 5.11 Å². The van der Waals surface area contributed by atoms with Gasteiger partial charge in [0.2, 0.25) is 0 Å². The Hall–Kier alpha value is -0.160. The molecule has 2 N–H and O–H groups in total. The zero-order chi connectivity index (χ0) is 9.56. The number of hydrogen-bond acceptors (Lipinski definition) is 4. The summed E-state index contributed by atoms with van der Waals surface area (Å²) in [5.41, 5.74) is 2.97. The van der Waals surface area contributed by atoms with Crippen molar-refractivity contribution in [2.24, 2.45) is 0 Å². The molecule has 12 heavy (non-hydrogen) atoms. The number of hydrazine groups is 1. The van der Waals surface area contributed by atoms with Crippen molar-refractivity contribution in [3.05, 3.63) is 0 Å². The summed E-state index contributed by atoms with van der Waals surface area (Å²) in [6.07, 6.45) is -0.256. The normalized spacial score (nSPS) is 14.2. The summed E-state index contributed by atoms with van der Waals surface area (Å²) in [5.74, 6) is 0. The Bertz CT molecular complexity index is 95.2. The van der Waals surface area contributed by atoms with E-state index in [0.717, 1.165) is 0 Å². The predicted octanol–water partition coefficient (Wildman–Crippen LogP) is -0.161. The second-order valence-electron chi connectivity index (χ2n) is 3.29. The molecular formula is C8H20N2O2. The zero-order valence-corrected chi connectivity index (χ0v) is 8.37. The van der Waals surface area contributed by atoms with Crippen molar-refractivity contribution in [1.29, 1.82) is 0 Å². The second-order valence-corrected chi connectivity index (χ2v) is 3.29. The van der Waals surface area contributed by atoms with Crippen LogP contribution in [0.5, 0.6) is 0 Å². The van der Waals surface area contributed by atoms with E-state index in [0.29, 0.717) is 13.2 Å². The van der Waals surface area contributed by atoms with Crippen LogP contribution in [0.1, 0.15) is 13.8 Å². The summed E-state index contributed by atoms with van der Waals surface area (Å²) >= 11 is 0. The van der Waals surface area contributed by atoms with Crippen molar-refractivity contribution < 1.29 is 9.84 Å². The first-order valence-corrected chi connectivity index (χ1v) is 4.23. The van der Waals surface area contributed by atoms with Crippen LogP contribution in [-0.4, -0.2) is 49.6 Å². The number of hydrogen-bond donors (Lipinski definition) is 2.